The molecule has 1 heterocycles. The Labute approximate surface area is 217 Å². The van der Waals surface area contributed by atoms with Crippen LogP contribution in [0.1, 0.15) is 65.9 Å². The molecule has 35 heavy (non-hydrogen) atoms. The van der Waals surface area contributed by atoms with E-state index in [-0.39, 0.29) is 17.9 Å². The average molecular weight is 517 g/mol. The van der Waals surface area contributed by atoms with Crippen molar-refractivity contribution in [1.82, 2.24) is 4.90 Å². The number of benzene rings is 2. The minimum atomic E-state index is -1.35. The first-order chi connectivity index (χ1) is 16.3. The molecule has 3 rings (SSSR count). The molecule has 0 saturated carbocycles. The number of hydrogen-bond acceptors (Lipinski definition) is 3. The van der Waals surface area contributed by atoms with Gasteiger partial charge in [-0.3, -0.25) is 0 Å². The lowest BCUT2D eigenvalue weighted by Crippen LogP contribution is -2.42. The maximum Gasteiger partial charge on any atom is 0.410 e. The summed E-state index contributed by atoms with van der Waals surface area (Å²) >= 11 is 6.13. The van der Waals surface area contributed by atoms with Crippen LogP contribution in [0.4, 0.5) is 4.79 Å². The van der Waals surface area contributed by atoms with Crippen molar-refractivity contribution in [2.45, 2.75) is 70.7 Å². The number of piperidine rings is 1. The van der Waals surface area contributed by atoms with Crippen molar-refractivity contribution in [2.24, 2.45) is 10.3 Å². The van der Waals surface area contributed by atoms with Crippen LogP contribution < -0.4 is 0 Å². The lowest BCUT2D eigenvalue weighted by atomic mass is 9.78. The molecule has 1 aliphatic rings. The highest BCUT2D eigenvalue weighted by molar-refractivity contribution is 7.85. The third-order valence-corrected chi connectivity index (χ3v) is 7.63. The Balaban J connectivity index is 1.91. The standard InChI is InChI=1S/C28H37ClN2O3S/c1-27(2,3)34-26(32)31-17-15-21(16-18-31)25(19-30-35(33)28(4,5)6)24-10-8-7-9-23(24)20-11-13-22(29)14-12-20/h7-14,19,21,25H,15-18H2,1-6H3/b30-19+. The molecule has 0 bridgehead atoms. The zero-order valence-electron chi connectivity index (χ0n) is 21.6. The lowest BCUT2D eigenvalue weighted by Gasteiger charge is -2.36. The zero-order chi connectivity index (χ0) is 25.8. The predicted molar refractivity (Wildman–Crippen MR) is 147 cm³/mol. The van der Waals surface area contributed by atoms with Gasteiger partial charge in [0.2, 0.25) is 0 Å². The second-order valence-electron chi connectivity index (χ2n) is 11.0. The largest absolute Gasteiger partial charge is 0.444 e. The number of carbonyl (C=O) groups excluding carboxylic acids is 1. The number of nitrogens with zero attached hydrogens (tertiary/aromatic N) is 2. The van der Waals surface area contributed by atoms with E-state index in [1.807, 2.05) is 84.2 Å². The highest BCUT2D eigenvalue weighted by Crippen LogP contribution is 2.38. The van der Waals surface area contributed by atoms with Gasteiger partial charge in [0.15, 0.2) is 0 Å². The molecule has 7 heteroatoms. The van der Waals surface area contributed by atoms with E-state index in [1.165, 1.54) is 0 Å². The van der Waals surface area contributed by atoms with Gasteiger partial charge < -0.3 is 9.64 Å². The SMILES string of the molecule is CC(C)(C)OC(=O)N1CCC(C(/C=N/S(=O)C(C)(C)C)c2ccccc2-c2ccc(Cl)cc2)CC1. The maximum atomic E-state index is 12.8. The van der Waals surface area contributed by atoms with Gasteiger partial charge >= 0.3 is 6.09 Å². The van der Waals surface area contributed by atoms with Crippen LogP contribution in [0.3, 0.4) is 0 Å². The van der Waals surface area contributed by atoms with Gasteiger partial charge in [0.25, 0.3) is 0 Å². The molecule has 0 spiro atoms. The van der Waals surface area contributed by atoms with Crippen LogP contribution in [0.25, 0.3) is 11.1 Å². The molecule has 2 atom stereocenters. The van der Waals surface area contributed by atoms with Crippen molar-refractivity contribution in [3.05, 3.63) is 59.1 Å². The first kappa shape index (κ1) is 27.4. The van der Waals surface area contributed by atoms with Crippen molar-refractivity contribution in [3.63, 3.8) is 0 Å². The van der Waals surface area contributed by atoms with E-state index in [1.54, 1.807) is 4.90 Å². The van der Waals surface area contributed by atoms with E-state index in [4.69, 9.17) is 16.3 Å². The Morgan fingerprint density at radius 1 is 1.06 bits per heavy atom. The van der Waals surface area contributed by atoms with E-state index >= 15 is 0 Å². The van der Waals surface area contributed by atoms with Gasteiger partial charge in [0.1, 0.15) is 16.6 Å². The van der Waals surface area contributed by atoms with E-state index in [2.05, 4.69) is 16.5 Å². The summed E-state index contributed by atoms with van der Waals surface area (Å²) in [6.07, 6.45) is 3.24. The monoisotopic (exact) mass is 516 g/mol. The number of ether oxygens (including phenoxy) is 1. The van der Waals surface area contributed by atoms with Gasteiger partial charge in [0.05, 0.1) is 4.75 Å². The topological polar surface area (TPSA) is 59.0 Å². The fourth-order valence-electron chi connectivity index (χ4n) is 4.18. The molecule has 2 aromatic carbocycles. The molecule has 1 saturated heterocycles. The molecular formula is C28H37ClN2O3S. The molecule has 2 aromatic rings. The summed E-state index contributed by atoms with van der Waals surface area (Å²) in [5.74, 6) is 0.219. The van der Waals surface area contributed by atoms with Crippen LogP contribution in [0.2, 0.25) is 5.02 Å². The van der Waals surface area contributed by atoms with E-state index in [0.29, 0.717) is 18.1 Å². The molecular weight excluding hydrogens is 480 g/mol. The quantitative estimate of drug-likeness (QED) is 0.392. The van der Waals surface area contributed by atoms with Crippen LogP contribution >= 0.6 is 11.6 Å². The minimum absolute atomic E-state index is 0.0334. The molecule has 190 valence electrons. The summed E-state index contributed by atoms with van der Waals surface area (Å²) in [6.45, 7) is 12.7. The van der Waals surface area contributed by atoms with Crippen LogP contribution in [-0.4, -0.2) is 44.9 Å². The first-order valence-corrected chi connectivity index (χ1v) is 13.6. The normalized spacial score (nSPS) is 17.4. The Morgan fingerprint density at radius 2 is 1.66 bits per heavy atom. The number of likely N-dealkylation sites (tertiary alicyclic amines) is 1. The molecule has 1 amide bonds. The summed E-state index contributed by atoms with van der Waals surface area (Å²) in [7, 11) is -1.35. The minimum Gasteiger partial charge on any atom is -0.444 e. The molecule has 0 N–H and O–H groups in total. The summed E-state index contributed by atoms with van der Waals surface area (Å²) < 4.78 is 22.4. The Hall–Kier alpha value is -2.18. The van der Waals surface area contributed by atoms with E-state index in [9.17, 15) is 9.00 Å². The lowest BCUT2D eigenvalue weighted by molar-refractivity contribution is 0.0181. The fourth-order valence-corrected chi connectivity index (χ4v) is 4.87. The zero-order valence-corrected chi connectivity index (χ0v) is 23.2. The van der Waals surface area contributed by atoms with Crippen molar-refractivity contribution >= 4 is 34.9 Å². The number of hydrogen-bond donors (Lipinski definition) is 0. The van der Waals surface area contributed by atoms with Crippen molar-refractivity contribution in [3.8, 4) is 11.1 Å². The van der Waals surface area contributed by atoms with Gasteiger partial charge in [-0.05, 0) is 89.1 Å². The Bertz CT molecular complexity index is 1060. The second-order valence-corrected chi connectivity index (χ2v) is 13.4. The van der Waals surface area contributed by atoms with E-state index < -0.39 is 21.3 Å². The number of halogens is 1. The maximum absolute atomic E-state index is 12.8. The summed E-state index contributed by atoms with van der Waals surface area (Å²) in [6, 6.07) is 16.1. The molecule has 2 unspecified atom stereocenters. The molecule has 0 aromatic heterocycles. The van der Waals surface area contributed by atoms with Crippen molar-refractivity contribution in [1.29, 1.82) is 0 Å². The summed E-state index contributed by atoms with van der Waals surface area (Å²) in [5.41, 5.74) is 2.81. The number of carbonyl (C=O) groups is 1. The summed E-state index contributed by atoms with van der Waals surface area (Å²) in [4.78, 5) is 14.4. The molecule has 5 nitrogen and oxygen atoms in total. The van der Waals surface area contributed by atoms with Crippen LogP contribution in [0, 0.1) is 5.92 Å². The van der Waals surface area contributed by atoms with Gasteiger partial charge in [-0.25, -0.2) is 9.00 Å². The molecule has 1 aliphatic heterocycles. The van der Waals surface area contributed by atoms with Gasteiger partial charge in [-0.15, -0.1) is 0 Å². The molecule has 0 radical (unpaired) electrons. The Kier molecular flexibility index (Phi) is 8.81. The van der Waals surface area contributed by atoms with Crippen LogP contribution in [-0.2, 0) is 15.7 Å². The smallest absolute Gasteiger partial charge is 0.410 e. The number of rotatable bonds is 5. The van der Waals surface area contributed by atoms with Crippen LogP contribution in [0.15, 0.2) is 52.9 Å². The fraction of sp³-hybridized carbons (Fsp3) is 0.500. The molecule has 0 aliphatic carbocycles. The van der Waals surface area contributed by atoms with Gasteiger partial charge in [0, 0.05) is 30.2 Å². The van der Waals surface area contributed by atoms with E-state index in [0.717, 1.165) is 29.5 Å². The Morgan fingerprint density at radius 3 is 2.23 bits per heavy atom. The van der Waals surface area contributed by atoms with Gasteiger partial charge in [-0.1, -0.05) is 48.0 Å². The second kappa shape index (κ2) is 11.3. The van der Waals surface area contributed by atoms with Crippen LogP contribution in [0.5, 0.6) is 0 Å². The number of amides is 1. The average Bonchev–Trinajstić information content (AvgIpc) is 2.78. The summed E-state index contributed by atoms with van der Waals surface area (Å²) in [5, 5.41) is 0.694. The highest BCUT2D eigenvalue weighted by Gasteiger charge is 2.32. The third-order valence-electron chi connectivity index (χ3n) is 6.02. The highest BCUT2D eigenvalue weighted by atomic mass is 35.5. The van der Waals surface area contributed by atoms with Crippen molar-refractivity contribution < 1.29 is 13.7 Å². The van der Waals surface area contributed by atoms with Crippen molar-refractivity contribution in [2.75, 3.05) is 13.1 Å². The molecule has 1 fully saturated rings. The van der Waals surface area contributed by atoms with Gasteiger partial charge in [-0.2, -0.15) is 4.40 Å². The predicted octanol–water partition coefficient (Wildman–Crippen LogP) is 7.27. The third kappa shape index (κ3) is 7.65. The first-order valence-electron chi connectivity index (χ1n) is 12.1.